The molecule has 100 valence electrons. The second-order valence-electron chi connectivity index (χ2n) is 4.39. The average molecular weight is 260 g/mol. The van der Waals surface area contributed by atoms with Gasteiger partial charge in [0.2, 0.25) is 0 Å². The normalized spacial score (nSPS) is 10.5. The SMILES string of the molecule is CCOC(=O)c1cc(=O)c2cc(N(C)C)ccc2[nH]1. The molecule has 1 heterocycles. The molecule has 0 radical (unpaired) electrons. The molecule has 0 fully saturated rings. The van der Waals surface area contributed by atoms with Gasteiger partial charge in [-0.1, -0.05) is 0 Å². The number of hydrogen-bond donors (Lipinski definition) is 1. The zero-order valence-corrected chi connectivity index (χ0v) is 11.2. The Morgan fingerprint density at radius 1 is 1.32 bits per heavy atom. The Bertz CT molecular complexity index is 674. The summed E-state index contributed by atoms with van der Waals surface area (Å²) in [5.74, 6) is -0.516. The van der Waals surface area contributed by atoms with Gasteiger partial charge in [-0.05, 0) is 25.1 Å². The minimum Gasteiger partial charge on any atom is -0.461 e. The van der Waals surface area contributed by atoms with Crippen LogP contribution in [0.15, 0.2) is 29.1 Å². The van der Waals surface area contributed by atoms with Crippen molar-refractivity contribution in [1.82, 2.24) is 4.98 Å². The maximum absolute atomic E-state index is 12.0. The first-order valence-electron chi connectivity index (χ1n) is 6.04. The number of carbonyl (C=O) groups is 1. The summed E-state index contributed by atoms with van der Waals surface area (Å²) in [6, 6.07) is 6.74. The number of pyridine rings is 1. The second kappa shape index (κ2) is 5.14. The highest BCUT2D eigenvalue weighted by Gasteiger charge is 2.11. The van der Waals surface area contributed by atoms with Crippen LogP contribution in [0.5, 0.6) is 0 Å². The molecule has 0 unspecified atom stereocenters. The number of aromatic amines is 1. The van der Waals surface area contributed by atoms with Crippen LogP contribution in [0.3, 0.4) is 0 Å². The molecule has 0 aliphatic heterocycles. The summed E-state index contributed by atoms with van der Waals surface area (Å²) < 4.78 is 4.88. The zero-order chi connectivity index (χ0) is 14.0. The van der Waals surface area contributed by atoms with E-state index < -0.39 is 5.97 Å². The standard InChI is InChI=1S/C14H16N2O3/c1-4-19-14(18)12-8-13(17)10-7-9(16(2)3)5-6-11(10)15-12/h5-8H,4H2,1-3H3,(H,15,17). The van der Waals surface area contributed by atoms with Crippen LogP contribution in [0.25, 0.3) is 10.9 Å². The summed E-state index contributed by atoms with van der Waals surface area (Å²) in [5.41, 5.74) is 1.54. The molecule has 19 heavy (non-hydrogen) atoms. The third-order valence-corrected chi connectivity index (χ3v) is 2.83. The van der Waals surface area contributed by atoms with Crippen molar-refractivity contribution in [2.45, 2.75) is 6.92 Å². The Morgan fingerprint density at radius 3 is 2.68 bits per heavy atom. The molecule has 0 bridgehead atoms. The predicted molar refractivity (Wildman–Crippen MR) is 74.9 cm³/mol. The maximum Gasteiger partial charge on any atom is 0.354 e. The van der Waals surface area contributed by atoms with Crippen molar-refractivity contribution < 1.29 is 9.53 Å². The molecular formula is C14H16N2O3. The highest BCUT2D eigenvalue weighted by Crippen LogP contribution is 2.17. The van der Waals surface area contributed by atoms with Crippen LogP contribution >= 0.6 is 0 Å². The number of aromatic nitrogens is 1. The second-order valence-corrected chi connectivity index (χ2v) is 4.39. The number of benzene rings is 1. The lowest BCUT2D eigenvalue weighted by molar-refractivity contribution is 0.0520. The lowest BCUT2D eigenvalue weighted by atomic mass is 10.1. The molecule has 2 rings (SSSR count). The van der Waals surface area contributed by atoms with Gasteiger partial charge in [0.05, 0.1) is 12.1 Å². The van der Waals surface area contributed by atoms with E-state index in [0.717, 1.165) is 5.69 Å². The molecule has 0 saturated carbocycles. The Kier molecular flexibility index (Phi) is 3.55. The molecule has 1 aromatic heterocycles. The van der Waals surface area contributed by atoms with Gasteiger partial charge in [0.15, 0.2) is 5.43 Å². The first-order valence-corrected chi connectivity index (χ1v) is 6.04. The largest absolute Gasteiger partial charge is 0.461 e. The minimum atomic E-state index is -0.516. The van der Waals surface area contributed by atoms with Gasteiger partial charge in [-0.3, -0.25) is 4.79 Å². The number of fused-ring (bicyclic) bond motifs is 1. The number of anilines is 1. The van der Waals surface area contributed by atoms with E-state index in [1.807, 2.05) is 25.1 Å². The number of carbonyl (C=O) groups excluding carboxylic acids is 1. The fraction of sp³-hybridized carbons (Fsp3) is 0.286. The van der Waals surface area contributed by atoms with E-state index in [4.69, 9.17) is 4.74 Å². The van der Waals surface area contributed by atoms with Crippen LogP contribution in [0.4, 0.5) is 5.69 Å². The van der Waals surface area contributed by atoms with E-state index in [1.165, 1.54) is 6.07 Å². The Balaban J connectivity index is 2.56. The van der Waals surface area contributed by atoms with Gasteiger partial charge in [0.25, 0.3) is 0 Å². The van der Waals surface area contributed by atoms with Crippen LogP contribution in [-0.4, -0.2) is 31.7 Å². The summed E-state index contributed by atoms with van der Waals surface area (Å²) >= 11 is 0. The van der Waals surface area contributed by atoms with E-state index in [2.05, 4.69) is 4.98 Å². The van der Waals surface area contributed by atoms with Crippen LogP contribution in [-0.2, 0) is 4.74 Å². The molecule has 1 N–H and O–H groups in total. The Hall–Kier alpha value is -2.30. The number of H-pyrrole nitrogens is 1. The third kappa shape index (κ3) is 2.59. The highest BCUT2D eigenvalue weighted by atomic mass is 16.5. The predicted octanol–water partition coefficient (Wildman–Crippen LogP) is 1.77. The molecular weight excluding hydrogens is 244 g/mol. The third-order valence-electron chi connectivity index (χ3n) is 2.83. The maximum atomic E-state index is 12.0. The molecule has 1 aromatic carbocycles. The van der Waals surface area contributed by atoms with Crippen molar-refractivity contribution >= 4 is 22.6 Å². The van der Waals surface area contributed by atoms with E-state index in [1.54, 1.807) is 19.1 Å². The van der Waals surface area contributed by atoms with E-state index in [9.17, 15) is 9.59 Å². The summed E-state index contributed by atoms with van der Waals surface area (Å²) in [7, 11) is 3.81. The first kappa shape index (κ1) is 13.1. The quantitative estimate of drug-likeness (QED) is 0.854. The molecule has 5 heteroatoms. The van der Waals surface area contributed by atoms with Crippen LogP contribution < -0.4 is 10.3 Å². The summed E-state index contributed by atoms with van der Waals surface area (Å²) in [4.78, 5) is 28.5. The molecule has 5 nitrogen and oxygen atoms in total. The molecule has 0 aliphatic carbocycles. The molecule has 0 spiro atoms. The fourth-order valence-electron chi connectivity index (χ4n) is 1.83. The van der Waals surface area contributed by atoms with E-state index in [0.29, 0.717) is 10.9 Å². The first-order chi connectivity index (χ1) is 9.02. The molecule has 0 saturated heterocycles. The van der Waals surface area contributed by atoms with Gasteiger partial charge >= 0.3 is 5.97 Å². The summed E-state index contributed by atoms with van der Waals surface area (Å²) in [6.45, 7) is 2.00. The summed E-state index contributed by atoms with van der Waals surface area (Å²) in [6.07, 6.45) is 0. The smallest absolute Gasteiger partial charge is 0.354 e. The van der Waals surface area contributed by atoms with Crippen molar-refractivity contribution in [2.24, 2.45) is 0 Å². The van der Waals surface area contributed by atoms with Crippen LogP contribution in [0.1, 0.15) is 17.4 Å². The zero-order valence-electron chi connectivity index (χ0n) is 11.2. The lowest BCUT2D eigenvalue weighted by Crippen LogP contribution is -2.14. The lowest BCUT2D eigenvalue weighted by Gasteiger charge is -2.13. The minimum absolute atomic E-state index is 0.178. The number of nitrogens with one attached hydrogen (secondary N) is 1. The Morgan fingerprint density at radius 2 is 2.05 bits per heavy atom. The molecule has 0 amide bonds. The van der Waals surface area contributed by atoms with Gasteiger partial charge in [0, 0.05) is 31.2 Å². The van der Waals surface area contributed by atoms with Gasteiger partial charge in [0.1, 0.15) is 5.69 Å². The Labute approximate surface area is 110 Å². The summed E-state index contributed by atoms with van der Waals surface area (Å²) in [5, 5.41) is 0.555. The molecule has 2 aromatic rings. The number of hydrogen-bond acceptors (Lipinski definition) is 4. The fourth-order valence-corrected chi connectivity index (χ4v) is 1.83. The van der Waals surface area contributed by atoms with E-state index >= 15 is 0 Å². The van der Waals surface area contributed by atoms with Crippen LogP contribution in [0, 0.1) is 0 Å². The van der Waals surface area contributed by atoms with Crippen molar-refractivity contribution in [3.05, 3.63) is 40.2 Å². The van der Waals surface area contributed by atoms with Gasteiger partial charge in [-0.2, -0.15) is 0 Å². The van der Waals surface area contributed by atoms with Gasteiger partial charge in [-0.25, -0.2) is 4.79 Å². The van der Waals surface area contributed by atoms with Crippen molar-refractivity contribution in [1.29, 1.82) is 0 Å². The molecule has 0 aliphatic rings. The highest BCUT2D eigenvalue weighted by molar-refractivity contribution is 5.91. The van der Waals surface area contributed by atoms with Crippen molar-refractivity contribution in [2.75, 3.05) is 25.6 Å². The average Bonchev–Trinajstić information content (AvgIpc) is 2.38. The van der Waals surface area contributed by atoms with Crippen LogP contribution in [0.2, 0.25) is 0 Å². The van der Waals surface area contributed by atoms with Gasteiger partial charge in [-0.15, -0.1) is 0 Å². The topological polar surface area (TPSA) is 62.4 Å². The number of esters is 1. The molecule has 0 atom stereocenters. The number of nitrogens with zero attached hydrogens (tertiary/aromatic N) is 1. The monoisotopic (exact) mass is 260 g/mol. The van der Waals surface area contributed by atoms with Gasteiger partial charge < -0.3 is 14.6 Å². The number of ether oxygens (including phenoxy) is 1. The van der Waals surface area contributed by atoms with E-state index in [-0.39, 0.29) is 17.7 Å². The number of rotatable bonds is 3. The van der Waals surface area contributed by atoms with Crippen molar-refractivity contribution in [3.8, 4) is 0 Å². The van der Waals surface area contributed by atoms with Crippen molar-refractivity contribution in [3.63, 3.8) is 0 Å².